The van der Waals surface area contributed by atoms with Gasteiger partial charge in [0, 0.05) is 6.04 Å². The van der Waals surface area contributed by atoms with E-state index in [1.807, 2.05) is 6.92 Å². The highest BCUT2D eigenvalue weighted by Crippen LogP contribution is 2.33. The molecule has 0 amide bonds. The number of nitrogen functional groups attached to an aromatic ring is 1. The fraction of sp³-hybridized carbons (Fsp3) is 0.538. The largest absolute Gasteiger partial charge is 0.495 e. The molecule has 2 rings (SSSR count). The van der Waals surface area contributed by atoms with E-state index in [0.717, 1.165) is 6.42 Å². The highest BCUT2D eigenvalue weighted by atomic mass is 32.2. The summed E-state index contributed by atoms with van der Waals surface area (Å²) in [5, 5.41) is 0. The summed E-state index contributed by atoms with van der Waals surface area (Å²) in [6.07, 6.45) is 3.31. The normalized spacial score (nSPS) is 17.2. The van der Waals surface area contributed by atoms with E-state index in [9.17, 15) is 8.42 Å². The Balaban J connectivity index is 2.11. The highest BCUT2D eigenvalue weighted by molar-refractivity contribution is 7.89. The zero-order chi connectivity index (χ0) is 14.0. The van der Waals surface area contributed by atoms with Crippen LogP contribution < -0.4 is 15.2 Å². The third-order valence-electron chi connectivity index (χ3n) is 3.25. The molecule has 0 saturated heterocycles. The molecule has 6 heteroatoms. The summed E-state index contributed by atoms with van der Waals surface area (Å²) < 4.78 is 32.1. The molecule has 1 aliphatic rings. The summed E-state index contributed by atoms with van der Waals surface area (Å²) in [6, 6.07) is 4.43. The number of ether oxygens (including phenoxy) is 1. The van der Waals surface area contributed by atoms with Crippen LogP contribution in [-0.2, 0) is 10.0 Å². The molecule has 19 heavy (non-hydrogen) atoms. The quantitative estimate of drug-likeness (QED) is 0.780. The third-order valence-corrected chi connectivity index (χ3v) is 4.84. The standard InChI is InChI=1S/C13H20N2O3S/c1-9(7-10-3-4-10)15-19(16,17)11-5-6-13(18-2)12(14)8-11/h5-6,8-10,15H,3-4,7,14H2,1-2H3. The first kappa shape index (κ1) is 14.1. The predicted molar refractivity (Wildman–Crippen MR) is 74.5 cm³/mol. The monoisotopic (exact) mass is 284 g/mol. The van der Waals surface area contributed by atoms with Gasteiger partial charge in [-0.15, -0.1) is 0 Å². The fourth-order valence-electron chi connectivity index (χ4n) is 2.11. The lowest BCUT2D eigenvalue weighted by Crippen LogP contribution is -2.33. The van der Waals surface area contributed by atoms with Crippen LogP contribution in [0.25, 0.3) is 0 Å². The van der Waals surface area contributed by atoms with Crippen LogP contribution >= 0.6 is 0 Å². The van der Waals surface area contributed by atoms with Gasteiger partial charge in [-0.25, -0.2) is 13.1 Å². The molecule has 0 aliphatic heterocycles. The summed E-state index contributed by atoms with van der Waals surface area (Å²) in [4.78, 5) is 0.174. The number of rotatable bonds is 6. The Kier molecular flexibility index (Phi) is 4.01. The van der Waals surface area contributed by atoms with E-state index in [1.165, 1.54) is 32.1 Å². The number of sulfonamides is 1. The summed E-state index contributed by atoms with van der Waals surface area (Å²) in [5.41, 5.74) is 6.05. The predicted octanol–water partition coefficient (Wildman–Crippen LogP) is 1.74. The summed E-state index contributed by atoms with van der Waals surface area (Å²) in [7, 11) is -2.01. The molecule has 5 nitrogen and oxygen atoms in total. The zero-order valence-electron chi connectivity index (χ0n) is 11.2. The van der Waals surface area contributed by atoms with E-state index < -0.39 is 10.0 Å². The van der Waals surface area contributed by atoms with Gasteiger partial charge >= 0.3 is 0 Å². The first-order chi connectivity index (χ1) is 8.92. The SMILES string of the molecule is COc1ccc(S(=O)(=O)NC(C)CC2CC2)cc1N. The van der Waals surface area contributed by atoms with E-state index in [1.54, 1.807) is 6.07 Å². The molecule has 1 aliphatic carbocycles. The third kappa shape index (κ3) is 3.61. The van der Waals surface area contributed by atoms with Gasteiger partial charge in [-0.1, -0.05) is 12.8 Å². The minimum Gasteiger partial charge on any atom is -0.495 e. The molecule has 0 aromatic heterocycles. The topological polar surface area (TPSA) is 81.4 Å². The smallest absolute Gasteiger partial charge is 0.240 e. The molecule has 1 aromatic carbocycles. The molecule has 1 atom stereocenters. The van der Waals surface area contributed by atoms with Crippen LogP contribution in [0.4, 0.5) is 5.69 Å². The molecule has 0 radical (unpaired) electrons. The lowest BCUT2D eigenvalue weighted by molar-refractivity contribution is 0.416. The molecule has 0 heterocycles. The van der Waals surface area contributed by atoms with Gasteiger partial charge in [-0.2, -0.15) is 0 Å². The van der Waals surface area contributed by atoms with E-state index in [-0.39, 0.29) is 10.9 Å². The molecule has 0 bridgehead atoms. The highest BCUT2D eigenvalue weighted by Gasteiger charge is 2.26. The second-order valence-corrected chi connectivity index (χ2v) is 6.82. The first-order valence-corrected chi connectivity index (χ1v) is 7.86. The number of anilines is 1. The summed E-state index contributed by atoms with van der Waals surface area (Å²) in [5.74, 6) is 1.16. The van der Waals surface area contributed by atoms with Crippen molar-refractivity contribution in [3.8, 4) is 5.75 Å². The van der Waals surface area contributed by atoms with Crippen LogP contribution in [0, 0.1) is 5.92 Å². The van der Waals surface area contributed by atoms with Gasteiger partial charge in [0.25, 0.3) is 0 Å². The second kappa shape index (κ2) is 5.38. The lowest BCUT2D eigenvalue weighted by Gasteiger charge is -2.14. The number of nitrogens with two attached hydrogens (primary N) is 1. The number of benzene rings is 1. The maximum Gasteiger partial charge on any atom is 0.240 e. The van der Waals surface area contributed by atoms with Gasteiger partial charge in [0.05, 0.1) is 17.7 Å². The Hall–Kier alpha value is -1.27. The molecule has 1 fully saturated rings. The molecule has 3 N–H and O–H groups in total. The summed E-state index contributed by atoms with van der Waals surface area (Å²) >= 11 is 0. The van der Waals surface area contributed by atoms with Gasteiger partial charge in [0.15, 0.2) is 0 Å². The molecule has 1 saturated carbocycles. The number of hydrogen-bond donors (Lipinski definition) is 2. The molecule has 0 spiro atoms. The van der Waals surface area contributed by atoms with Crippen LogP contribution in [-0.4, -0.2) is 21.6 Å². The van der Waals surface area contributed by atoms with Crippen LogP contribution in [0.3, 0.4) is 0 Å². The maximum atomic E-state index is 12.2. The fourth-order valence-corrected chi connectivity index (χ4v) is 3.41. The molecule has 1 unspecified atom stereocenters. The number of methoxy groups -OCH3 is 1. The average molecular weight is 284 g/mol. The van der Waals surface area contributed by atoms with Crippen molar-refractivity contribution in [2.24, 2.45) is 5.92 Å². The number of nitrogens with one attached hydrogen (secondary N) is 1. The van der Waals surface area contributed by atoms with Gasteiger partial charge in [0.2, 0.25) is 10.0 Å². The van der Waals surface area contributed by atoms with Crippen LogP contribution in [0.5, 0.6) is 5.75 Å². The van der Waals surface area contributed by atoms with Crippen molar-refractivity contribution >= 4 is 15.7 Å². The van der Waals surface area contributed by atoms with Crippen LogP contribution in [0.2, 0.25) is 0 Å². The number of hydrogen-bond acceptors (Lipinski definition) is 4. The minimum absolute atomic E-state index is 0.0548. The molecular weight excluding hydrogens is 264 g/mol. The van der Waals surface area contributed by atoms with E-state index >= 15 is 0 Å². The van der Waals surface area contributed by atoms with E-state index in [2.05, 4.69) is 4.72 Å². The minimum atomic E-state index is -3.51. The van der Waals surface area contributed by atoms with E-state index in [4.69, 9.17) is 10.5 Å². The van der Waals surface area contributed by atoms with Gasteiger partial charge < -0.3 is 10.5 Å². The van der Waals surface area contributed by atoms with Crippen molar-refractivity contribution in [3.63, 3.8) is 0 Å². The molecular formula is C13H20N2O3S. The zero-order valence-corrected chi connectivity index (χ0v) is 12.0. The molecule has 1 aromatic rings. The van der Waals surface area contributed by atoms with Crippen molar-refractivity contribution in [2.45, 2.75) is 37.1 Å². The van der Waals surface area contributed by atoms with Crippen LogP contribution in [0.15, 0.2) is 23.1 Å². The van der Waals surface area contributed by atoms with E-state index in [0.29, 0.717) is 17.4 Å². The van der Waals surface area contributed by atoms with Crippen molar-refractivity contribution in [3.05, 3.63) is 18.2 Å². The van der Waals surface area contributed by atoms with Crippen LogP contribution in [0.1, 0.15) is 26.2 Å². The van der Waals surface area contributed by atoms with Crippen molar-refractivity contribution in [1.82, 2.24) is 4.72 Å². The Morgan fingerprint density at radius 2 is 2.16 bits per heavy atom. The Morgan fingerprint density at radius 3 is 2.68 bits per heavy atom. The van der Waals surface area contributed by atoms with Gasteiger partial charge in [-0.05, 0) is 37.5 Å². The Labute approximate surface area is 114 Å². The Morgan fingerprint density at radius 1 is 1.47 bits per heavy atom. The van der Waals surface area contributed by atoms with Gasteiger partial charge in [-0.3, -0.25) is 0 Å². The average Bonchev–Trinajstić information content (AvgIpc) is 3.11. The van der Waals surface area contributed by atoms with Gasteiger partial charge in [0.1, 0.15) is 5.75 Å². The van der Waals surface area contributed by atoms with Crippen molar-refractivity contribution in [2.75, 3.05) is 12.8 Å². The second-order valence-electron chi connectivity index (χ2n) is 5.11. The lowest BCUT2D eigenvalue weighted by atomic mass is 10.2. The first-order valence-electron chi connectivity index (χ1n) is 6.38. The summed E-state index contributed by atoms with van der Waals surface area (Å²) in [6.45, 7) is 1.89. The van der Waals surface area contributed by atoms with Crippen molar-refractivity contribution < 1.29 is 13.2 Å². The Bertz CT molecular complexity index is 553. The van der Waals surface area contributed by atoms with Crippen molar-refractivity contribution in [1.29, 1.82) is 0 Å². The maximum absolute atomic E-state index is 12.2. The molecule has 106 valence electrons.